The summed E-state index contributed by atoms with van der Waals surface area (Å²) in [5.41, 5.74) is 6.44. The number of carbonyl (C=O) groups is 1. The average molecular weight is 421 g/mol. The van der Waals surface area contributed by atoms with Crippen molar-refractivity contribution in [2.24, 2.45) is 0 Å². The second kappa shape index (κ2) is 8.64. The summed E-state index contributed by atoms with van der Waals surface area (Å²) >= 11 is 0. The van der Waals surface area contributed by atoms with E-state index in [2.05, 4.69) is 44.4 Å². The zero-order valence-corrected chi connectivity index (χ0v) is 19.8. The van der Waals surface area contributed by atoms with E-state index in [9.17, 15) is 9.90 Å². The number of hydrogen-bond donors (Lipinski definition) is 1. The first-order chi connectivity index (χ1) is 14.1. The van der Waals surface area contributed by atoms with Gasteiger partial charge in [0.1, 0.15) is 6.10 Å². The summed E-state index contributed by atoms with van der Waals surface area (Å²) in [7, 11) is -0.0716. The van der Waals surface area contributed by atoms with E-state index in [1.807, 2.05) is 56.4 Å². The first kappa shape index (κ1) is 22.1. The molecule has 0 saturated carbocycles. The van der Waals surface area contributed by atoms with Gasteiger partial charge in [-0.2, -0.15) is 0 Å². The number of amides is 2. The Bertz CT molecular complexity index is 974. The van der Waals surface area contributed by atoms with E-state index in [0.29, 0.717) is 0 Å². The second-order valence-corrected chi connectivity index (χ2v) is 14.2. The molecule has 2 aromatic carbocycles. The molecule has 1 fully saturated rings. The van der Waals surface area contributed by atoms with Crippen LogP contribution in [0.1, 0.15) is 35.8 Å². The van der Waals surface area contributed by atoms with E-state index in [0.717, 1.165) is 21.9 Å². The topological polar surface area (TPSA) is 43.8 Å². The number of aryl methyl sites for hydroxylation is 1. The van der Waals surface area contributed by atoms with Gasteiger partial charge < -0.3 is 10.0 Å². The number of aliphatic hydroxyl groups excluding tert-OH is 1. The van der Waals surface area contributed by atoms with Gasteiger partial charge in [0.05, 0.1) is 26.4 Å². The van der Waals surface area contributed by atoms with Crippen molar-refractivity contribution in [1.82, 2.24) is 9.80 Å². The quantitative estimate of drug-likeness (QED) is 0.517. The highest BCUT2D eigenvalue weighted by molar-refractivity contribution is 6.83. The van der Waals surface area contributed by atoms with Gasteiger partial charge in [0.2, 0.25) is 0 Å². The molecular formula is C25H32N2O2Si. The normalized spacial score (nSPS) is 20.2. The largest absolute Gasteiger partial charge is 0.384 e. The molecule has 0 radical (unpaired) electrons. The number of aliphatic hydroxyl groups is 1. The molecule has 1 N–H and O–H groups in total. The van der Waals surface area contributed by atoms with Gasteiger partial charge in [0.25, 0.3) is 0 Å². The molecule has 2 aromatic rings. The van der Waals surface area contributed by atoms with E-state index in [1.165, 1.54) is 0 Å². The molecule has 1 aliphatic heterocycles. The Hall–Kier alpha value is -2.59. The van der Waals surface area contributed by atoms with Crippen LogP contribution in [0.3, 0.4) is 0 Å². The smallest absolute Gasteiger partial charge is 0.325 e. The minimum atomic E-state index is -1.91. The second-order valence-electron chi connectivity index (χ2n) is 9.15. The van der Waals surface area contributed by atoms with E-state index >= 15 is 0 Å². The average Bonchev–Trinajstić information content (AvgIpc) is 2.91. The summed E-state index contributed by atoms with van der Waals surface area (Å²) < 4.78 is 0. The summed E-state index contributed by atoms with van der Waals surface area (Å²) in [6.45, 7) is 10.7. The molecule has 0 aliphatic carbocycles. The summed E-state index contributed by atoms with van der Waals surface area (Å²) in [5.74, 6) is 0. The van der Waals surface area contributed by atoms with Gasteiger partial charge in [-0.3, -0.25) is 4.90 Å². The maximum atomic E-state index is 13.0. The zero-order valence-electron chi connectivity index (χ0n) is 18.8. The lowest BCUT2D eigenvalue weighted by Gasteiger charge is -2.25. The van der Waals surface area contributed by atoms with Crippen LogP contribution in [0, 0.1) is 6.92 Å². The molecule has 1 heterocycles. The predicted molar refractivity (Wildman–Crippen MR) is 125 cm³/mol. The van der Waals surface area contributed by atoms with Gasteiger partial charge in [-0.1, -0.05) is 79.8 Å². The molecule has 3 rings (SSSR count). The molecule has 4 nitrogen and oxygen atoms in total. The van der Waals surface area contributed by atoms with E-state index in [4.69, 9.17) is 0 Å². The van der Waals surface area contributed by atoms with Gasteiger partial charge in [-0.15, -0.1) is 5.73 Å². The highest BCUT2D eigenvalue weighted by Crippen LogP contribution is 2.35. The molecule has 0 spiro atoms. The third kappa shape index (κ3) is 4.44. The Labute approximate surface area is 181 Å². The molecule has 158 valence electrons. The van der Waals surface area contributed by atoms with Crippen molar-refractivity contribution in [3.8, 4) is 0 Å². The maximum Gasteiger partial charge on any atom is 0.325 e. The fraction of sp³-hybridized carbons (Fsp3) is 0.360. The predicted octanol–water partition coefficient (Wildman–Crippen LogP) is 5.44. The summed E-state index contributed by atoms with van der Waals surface area (Å²) in [5, 5.41) is 12.1. The number of likely N-dealkylation sites (N-methyl/N-ethyl adjacent to an activating group) is 1. The minimum absolute atomic E-state index is 0.0370. The van der Waals surface area contributed by atoms with E-state index in [1.54, 1.807) is 16.0 Å². The molecule has 5 heteroatoms. The monoisotopic (exact) mass is 420 g/mol. The fourth-order valence-electron chi connectivity index (χ4n) is 4.00. The number of hydrogen-bond acceptors (Lipinski definition) is 2. The molecule has 2 amide bonds. The molecule has 0 bridgehead atoms. The van der Waals surface area contributed by atoms with Crippen molar-refractivity contribution in [3.63, 3.8) is 0 Å². The Kier molecular flexibility index (Phi) is 6.37. The molecule has 1 aliphatic rings. The van der Waals surface area contributed by atoms with Gasteiger partial charge in [-0.25, -0.2) is 4.79 Å². The van der Waals surface area contributed by atoms with Crippen LogP contribution in [-0.4, -0.2) is 42.1 Å². The lowest BCUT2D eigenvalue weighted by Crippen LogP contribution is -2.29. The van der Waals surface area contributed by atoms with Crippen molar-refractivity contribution < 1.29 is 9.90 Å². The van der Waals surface area contributed by atoms with E-state index in [-0.39, 0.29) is 18.1 Å². The molecular weight excluding hydrogens is 388 g/mol. The van der Waals surface area contributed by atoms with Gasteiger partial charge in [-0.05, 0) is 30.2 Å². The first-order valence-corrected chi connectivity index (χ1v) is 13.9. The Morgan fingerprint density at radius 3 is 2.40 bits per heavy atom. The van der Waals surface area contributed by atoms with Crippen LogP contribution in [0.2, 0.25) is 19.6 Å². The third-order valence-electron chi connectivity index (χ3n) is 5.83. The van der Waals surface area contributed by atoms with Crippen molar-refractivity contribution in [1.29, 1.82) is 0 Å². The number of nitrogens with zero attached hydrogens (tertiary/aromatic N) is 2. The van der Waals surface area contributed by atoms with Crippen LogP contribution < -0.4 is 0 Å². The van der Waals surface area contributed by atoms with Crippen LogP contribution in [0.4, 0.5) is 4.79 Å². The third-order valence-corrected chi connectivity index (χ3v) is 7.86. The van der Waals surface area contributed by atoms with E-state index < -0.39 is 14.2 Å². The maximum absolute atomic E-state index is 13.0. The van der Waals surface area contributed by atoms with Crippen LogP contribution in [-0.2, 0) is 0 Å². The Morgan fingerprint density at radius 2 is 1.80 bits per heavy atom. The first-order valence-electron chi connectivity index (χ1n) is 10.4. The Balaban J connectivity index is 2.07. The lowest BCUT2D eigenvalue weighted by atomic mass is 10.0. The van der Waals surface area contributed by atoms with Crippen molar-refractivity contribution in [3.05, 3.63) is 88.4 Å². The fourth-order valence-corrected chi connectivity index (χ4v) is 5.48. The van der Waals surface area contributed by atoms with Gasteiger partial charge >= 0.3 is 6.03 Å². The van der Waals surface area contributed by atoms with Crippen LogP contribution in [0.25, 0.3) is 0 Å². The number of urea groups is 1. The van der Waals surface area contributed by atoms with Crippen LogP contribution >= 0.6 is 0 Å². The number of benzene rings is 2. The summed E-state index contributed by atoms with van der Waals surface area (Å²) in [6.07, 6.45) is 1.03. The molecule has 1 saturated heterocycles. The van der Waals surface area contributed by atoms with Crippen molar-refractivity contribution in [2.45, 2.75) is 51.7 Å². The minimum Gasteiger partial charge on any atom is -0.384 e. The van der Waals surface area contributed by atoms with Crippen molar-refractivity contribution >= 4 is 14.1 Å². The molecule has 30 heavy (non-hydrogen) atoms. The molecule has 3 atom stereocenters. The number of rotatable bonds is 5. The van der Waals surface area contributed by atoms with Gasteiger partial charge in [0.15, 0.2) is 0 Å². The van der Waals surface area contributed by atoms with Crippen molar-refractivity contribution in [2.75, 3.05) is 7.05 Å². The number of carbonyl (C=O) groups excluding carboxylic acids is 1. The Morgan fingerprint density at radius 1 is 1.13 bits per heavy atom. The highest BCUT2D eigenvalue weighted by Gasteiger charge is 2.41. The molecule has 0 aromatic heterocycles. The van der Waals surface area contributed by atoms with Crippen LogP contribution in [0.15, 0.2) is 71.7 Å². The standard InChI is InChI=1S/C25H32N2O2Si/c1-18-11-10-14-21(17-18)24(28)22(30(4,5)6)15-16-27-23(19(2)26(3)25(27)29)20-12-8-7-9-13-20/h7-14,16-17,19,23-24,28H,1-6H3/t15?,19-,23-,24-/m0/s1. The summed E-state index contributed by atoms with van der Waals surface area (Å²) in [6, 6.07) is 17.9. The highest BCUT2D eigenvalue weighted by atomic mass is 28.3. The lowest BCUT2D eigenvalue weighted by molar-refractivity contribution is 0.204. The van der Waals surface area contributed by atoms with Gasteiger partial charge in [0, 0.05) is 7.05 Å². The SMILES string of the molecule is Cc1cccc([C@H](O)C(=C=CN2C(=O)N(C)[C@@H](C)[C@H]2c2ccccc2)[Si](C)(C)C)c1. The van der Waals surface area contributed by atoms with Crippen LogP contribution in [0.5, 0.6) is 0 Å². The molecule has 0 unspecified atom stereocenters. The zero-order chi connectivity index (χ0) is 22.1. The summed E-state index contributed by atoms with van der Waals surface area (Å²) in [4.78, 5) is 16.5.